The zero-order valence-corrected chi connectivity index (χ0v) is 17.7. The number of primary amides is 1. The summed E-state index contributed by atoms with van der Waals surface area (Å²) >= 11 is 9.45. The monoisotopic (exact) mass is 489 g/mol. The summed E-state index contributed by atoms with van der Waals surface area (Å²) in [6, 6.07) is 8.43. The summed E-state index contributed by atoms with van der Waals surface area (Å²) in [5.41, 5.74) is 5.76. The maximum Gasteiger partial charge on any atom is 0.324 e. The number of sulfonamides is 1. The lowest BCUT2D eigenvalue weighted by molar-refractivity contribution is 0.0729. The van der Waals surface area contributed by atoms with Crippen LogP contribution in [0.5, 0.6) is 5.75 Å². The number of urea groups is 1. The minimum Gasteiger partial charge on any atom is -0.504 e. The van der Waals surface area contributed by atoms with Crippen molar-refractivity contribution in [3.05, 3.63) is 45.9 Å². The van der Waals surface area contributed by atoms with Crippen molar-refractivity contribution >= 4 is 55.0 Å². The van der Waals surface area contributed by atoms with Gasteiger partial charge in [-0.15, -0.1) is 0 Å². The van der Waals surface area contributed by atoms with E-state index in [1.807, 2.05) is 0 Å². The van der Waals surface area contributed by atoms with E-state index in [-0.39, 0.29) is 37.0 Å². The Morgan fingerprint density at radius 3 is 2.43 bits per heavy atom. The van der Waals surface area contributed by atoms with Crippen molar-refractivity contribution in [2.75, 3.05) is 31.2 Å². The van der Waals surface area contributed by atoms with Crippen molar-refractivity contribution in [1.82, 2.24) is 4.31 Å². The molecule has 0 spiro atoms. The molecule has 3 N–H and O–H groups in total. The van der Waals surface area contributed by atoms with Crippen molar-refractivity contribution in [2.45, 2.75) is 4.90 Å². The summed E-state index contributed by atoms with van der Waals surface area (Å²) in [5.74, 6) is -0.659. The third kappa shape index (κ3) is 3.83. The molecule has 1 heterocycles. The Hall–Kier alpha value is -1.85. The molecule has 1 fully saturated rings. The summed E-state index contributed by atoms with van der Waals surface area (Å²) < 4.78 is 33.0. The average Bonchev–Trinajstić information content (AvgIpc) is 2.65. The Bertz CT molecular complexity index is 1010. The minimum absolute atomic E-state index is 0.101. The molecule has 2 aromatic rings. The molecular weight excluding hydrogens is 474 g/mol. The number of phenols is 1. The first-order valence-corrected chi connectivity index (χ1v) is 10.8. The number of carbonyl (C=O) groups excluding carboxylic acids is 1. The molecule has 1 aliphatic rings. The number of halogens is 2. The van der Waals surface area contributed by atoms with Crippen LogP contribution in [0.4, 0.5) is 16.2 Å². The molecule has 11 heteroatoms. The molecule has 0 radical (unpaired) electrons. The van der Waals surface area contributed by atoms with Gasteiger partial charge in [-0.3, -0.25) is 4.90 Å². The summed E-state index contributed by atoms with van der Waals surface area (Å²) in [6.07, 6.45) is 0. The topological polar surface area (TPSA) is 113 Å². The third-order valence-corrected chi connectivity index (χ3v) is 7.26. The number of benzene rings is 2. The van der Waals surface area contributed by atoms with Crippen LogP contribution < -0.4 is 10.6 Å². The Kier molecular flexibility index (Phi) is 6.15. The first-order valence-electron chi connectivity index (χ1n) is 8.18. The van der Waals surface area contributed by atoms with Gasteiger partial charge in [0.2, 0.25) is 10.0 Å². The zero-order valence-electron chi connectivity index (χ0n) is 14.5. The maximum absolute atomic E-state index is 13.1. The number of phenolic OH excluding ortho intramolecular Hbond substituents is 1. The predicted molar refractivity (Wildman–Crippen MR) is 109 cm³/mol. The van der Waals surface area contributed by atoms with Gasteiger partial charge in [0.05, 0.1) is 29.6 Å². The molecule has 2 amide bonds. The number of hydrogen-bond donors (Lipinski definition) is 2. The second-order valence-electron chi connectivity index (χ2n) is 5.89. The number of ether oxygens (including phenoxy) is 1. The lowest BCUT2D eigenvalue weighted by atomic mass is 10.2. The first kappa shape index (κ1) is 20.9. The Morgan fingerprint density at radius 1 is 1.18 bits per heavy atom. The first-order chi connectivity index (χ1) is 13.2. The molecule has 1 aliphatic heterocycles. The highest BCUT2D eigenvalue weighted by Crippen LogP contribution is 2.43. The summed E-state index contributed by atoms with van der Waals surface area (Å²) in [5, 5.41) is 10.7. The van der Waals surface area contributed by atoms with E-state index in [0.717, 1.165) is 4.90 Å². The van der Waals surface area contributed by atoms with E-state index >= 15 is 0 Å². The molecule has 1 saturated heterocycles. The highest BCUT2D eigenvalue weighted by Gasteiger charge is 2.34. The van der Waals surface area contributed by atoms with Crippen LogP contribution in [0, 0.1) is 0 Å². The molecule has 8 nitrogen and oxygen atoms in total. The van der Waals surface area contributed by atoms with Crippen LogP contribution in [-0.2, 0) is 14.8 Å². The standard InChI is InChI=1S/C17H17BrClN3O5S/c18-11-3-1-2-4-13(11)22(17(20)24)14-6-5-12(19)16(15(14)23)28(25,26)21-7-9-27-10-8-21/h1-6,23H,7-10H2,(H2,20,24). The normalized spacial score (nSPS) is 15.4. The number of nitrogens with zero attached hydrogens (tertiary/aromatic N) is 2. The van der Waals surface area contributed by atoms with E-state index in [1.54, 1.807) is 24.3 Å². The Morgan fingerprint density at radius 2 is 1.82 bits per heavy atom. The lowest BCUT2D eigenvalue weighted by Gasteiger charge is -2.28. The Labute approximate surface area is 175 Å². The van der Waals surface area contributed by atoms with E-state index in [4.69, 9.17) is 22.1 Å². The van der Waals surface area contributed by atoms with Crippen LogP contribution in [0.25, 0.3) is 0 Å². The number of aromatic hydroxyl groups is 1. The van der Waals surface area contributed by atoms with Gasteiger partial charge in [-0.2, -0.15) is 4.31 Å². The number of rotatable bonds is 4. The van der Waals surface area contributed by atoms with Crippen LogP contribution in [0.3, 0.4) is 0 Å². The number of nitrogens with two attached hydrogens (primary N) is 1. The van der Waals surface area contributed by atoms with Gasteiger partial charge in [-0.05, 0) is 40.2 Å². The molecule has 0 atom stereocenters. The number of anilines is 2. The lowest BCUT2D eigenvalue weighted by Crippen LogP contribution is -2.40. The molecule has 0 bridgehead atoms. The van der Waals surface area contributed by atoms with Crippen LogP contribution in [0.1, 0.15) is 0 Å². The van der Waals surface area contributed by atoms with Crippen molar-refractivity contribution in [3.8, 4) is 5.75 Å². The van der Waals surface area contributed by atoms with Gasteiger partial charge in [0.25, 0.3) is 0 Å². The average molecular weight is 491 g/mol. The van der Waals surface area contributed by atoms with Gasteiger partial charge in [0.1, 0.15) is 4.90 Å². The summed E-state index contributed by atoms with van der Waals surface area (Å²) in [4.78, 5) is 12.7. The summed E-state index contributed by atoms with van der Waals surface area (Å²) in [6.45, 7) is 0.738. The van der Waals surface area contributed by atoms with Crippen molar-refractivity contribution < 1.29 is 23.1 Å². The van der Waals surface area contributed by atoms with E-state index in [2.05, 4.69) is 15.9 Å². The molecule has 0 aliphatic carbocycles. The molecular formula is C17H17BrClN3O5S. The number of amides is 2. The van der Waals surface area contributed by atoms with Crippen LogP contribution in [-0.4, -0.2) is 50.2 Å². The van der Waals surface area contributed by atoms with Gasteiger partial charge in [-0.25, -0.2) is 13.2 Å². The number of carbonyl (C=O) groups is 1. The largest absolute Gasteiger partial charge is 0.504 e. The van der Waals surface area contributed by atoms with E-state index < -0.39 is 26.7 Å². The highest BCUT2D eigenvalue weighted by molar-refractivity contribution is 9.10. The fourth-order valence-corrected chi connectivity index (χ4v) is 5.34. The third-order valence-electron chi connectivity index (χ3n) is 4.18. The van der Waals surface area contributed by atoms with E-state index in [1.165, 1.54) is 16.4 Å². The van der Waals surface area contributed by atoms with Gasteiger partial charge in [0.15, 0.2) is 5.75 Å². The smallest absolute Gasteiger partial charge is 0.324 e. The van der Waals surface area contributed by atoms with Gasteiger partial charge < -0.3 is 15.6 Å². The second-order valence-corrected chi connectivity index (χ2v) is 9.02. The van der Waals surface area contributed by atoms with Crippen LogP contribution in [0.2, 0.25) is 5.02 Å². The van der Waals surface area contributed by atoms with Crippen molar-refractivity contribution in [2.24, 2.45) is 5.73 Å². The van der Waals surface area contributed by atoms with Gasteiger partial charge in [0, 0.05) is 17.6 Å². The molecule has 2 aromatic carbocycles. The second kappa shape index (κ2) is 8.26. The molecule has 0 aromatic heterocycles. The minimum atomic E-state index is -4.12. The fourth-order valence-electron chi connectivity index (χ4n) is 2.88. The quantitative estimate of drug-likeness (QED) is 0.684. The van der Waals surface area contributed by atoms with Gasteiger partial charge in [-0.1, -0.05) is 23.7 Å². The van der Waals surface area contributed by atoms with Crippen LogP contribution >= 0.6 is 27.5 Å². The number of hydrogen-bond acceptors (Lipinski definition) is 5. The van der Waals surface area contributed by atoms with Crippen LogP contribution in [0.15, 0.2) is 45.8 Å². The van der Waals surface area contributed by atoms with Crippen molar-refractivity contribution in [3.63, 3.8) is 0 Å². The molecule has 0 saturated carbocycles. The molecule has 150 valence electrons. The van der Waals surface area contributed by atoms with Crippen molar-refractivity contribution in [1.29, 1.82) is 0 Å². The van der Waals surface area contributed by atoms with E-state index in [9.17, 15) is 18.3 Å². The highest BCUT2D eigenvalue weighted by atomic mass is 79.9. The number of para-hydroxylation sites is 1. The van der Waals surface area contributed by atoms with E-state index in [0.29, 0.717) is 10.2 Å². The number of morpholine rings is 1. The zero-order chi connectivity index (χ0) is 20.5. The molecule has 0 unspecified atom stereocenters. The summed E-state index contributed by atoms with van der Waals surface area (Å²) in [7, 11) is -4.12. The molecule has 3 rings (SSSR count). The fraction of sp³-hybridized carbons (Fsp3) is 0.235. The SMILES string of the molecule is NC(=O)N(c1ccccc1Br)c1ccc(Cl)c(S(=O)(=O)N2CCOCC2)c1O. The predicted octanol–water partition coefficient (Wildman–Crippen LogP) is 3.05. The Balaban J connectivity index is 2.17. The molecule has 28 heavy (non-hydrogen) atoms. The van der Waals surface area contributed by atoms with Gasteiger partial charge >= 0.3 is 6.03 Å². The maximum atomic E-state index is 13.1.